The van der Waals surface area contributed by atoms with Gasteiger partial charge in [0, 0.05) is 6.42 Å². The Balaban J connectivity index is 1.48. The number of carbonyl (C=O) groups is 2. The zero-order chi connectivity index (χ0) is 20.1. The van der Waals surface area contributed by atoms with Crippen molar-refractivity contribution in [3.8, 4) is 0 Å². The summed E-state index contributed by atoms with van der Waals surface area (Å²) in [5.74, 6) is 3.16. The van der Waals surface area contributed by atoms with E-state index in [0.29, 0.717) is 23.7 Å². The largest absolute Gasteiger partial charge is 0.462 e. The number of hydrogen-bond donors (Lipinski definition) is 0. The zero-order valence-electron chi connectivity index (χ0n) is 18.3. The molecule has 0 unspecified atom stereocenters. The first-order valence-corrected chi connectivity index (χ1v) is 11.7. The first kappa shape index (κ1) is 20.2. The van der Waals surface area contributed by atoms with E-state index >= 15 is 0 Å². The lowest BCUT2D eigenvalue weighted by Gasteiger charge is -2.60. The number of ether oxygens (including phenoxy) is 1. The highest BCUT2D eigenvalue weighted by atomic mass is 16.5. The van der Waals surface area contributed by atoms with Gasteiger partial charge in [0.25, 0.3) is 0 Å². The molecule has 0 bridgehead atoms. The van der Waals surface area contributed by atoms with E-state index in [4.69, 9.17) is 4.74 Å². The van der Waals surface area contributed by atoms with Crippen LogP contribution in [0, 0.1) is 34.5 Å². The van der Waals surface area contributed by atoms with Crippen molar-refractivity contribution in [3.63, 3.8) is 0 Å². The van der Waals surface area contributed by atoms with Gasteiger partial charge in [-0.1, -0.05) is 26.8 Å². The molecule has 156 valence electrons. The van der Waals surface area contributed by atoms with E-state index in [2.05, 4.69) is 19.9 Å². The fraction of sp³-hybridized carbons (Fsp3) is 0.840. The Hall–Kier alpha value is -1.12. The standard InChI is InChI=1S/C25H38O3/c1-5-6-23(27)28-18-11-13-24(3)17(15-18)7-8-19-21-10-9-20(16(2)26)25(21,4)14-12-22(19)24/h9,17-19,21-22H,5-8,10-15H2,1-4H3/t17-,18+,19-,21-,22-,24-,25+/m0/s1. The third-order valence-electron chi connectivity index (χ3n) is 9.33. The average Bonchev–Trinajstić information content (AvgIpc) is 2.99. The van der Waals surface area contributed by atoms with Gasteiger partial charge in [-0.05, 0) is 105 Å². The van der Waals surface area contributed by atoms with Gasteiger partial charge in [-0.2, -0.15) is 0 Å². The second kappa shape index (κ2) is 7.29. The maximum absolute atomic E-state index is 12.2. The van der Waals surface area contributed by atoms with Crippen LogP contribution in [0.4, 0.5) is 0 Å². The van der Waals surface area contributed by atoms with Gasteiger partial charge < -0.3 is 4.74 Å². The lowest BCUT2D eigenvalue weighted by molar-refractivity contribution is -0.161. The number of fused-ring (bicyclic) bond motifs is 5. The van der Waals surface area contributed by atoms with E-state index in [0.717, 1.165) is 43.1 Å². The molecule has 3 saturated carbocycles. The van der Waals surface area contributed by atoms with Crippen molar-refractivity contribution in [3.05, 3.63) is 11.6 Å². The lowest BCUT2D eigenvalue weighted by atomic mass is 9.44. The van der Waals surface area contributed by atoms with E-state index in [1.54, 1.807) is 6.92 Å². The maximum Gasteiger partial charge on any atom is 0.306 e. The van der Waals surface area contributed by atoms with Gasteiger partial charge in [0.2, 0.25) is 0 Å². The van der Waals surface area contributed by atoms with Crippen molar-refractivity contribution in [1.82, 2.24) is 0 Å². The zero-order valence-corrected chi connectivity index (χ0v) is 18.3. The topological polar surface area (TPSA) is 43.4 Å². The van der Waals surface area contributed by atoms with E-state index < -0.39 is 0 Å². The molecular formula is C25H38O3. The van der Waals surface area contributed by atoms with Crippen molar-refractivity contribution in [1.29, 1.82) is 0 Å². The monoisotopic (exact) mass is 386 g/mol. The molecule has 0 aromatic heterocycles. The van der Waals surface area contributed by atoms with Gasteiger partial charge in [-0.25, -0.2) is 0 Å². The Kier molecular flexibility index (Phi) is 5.25. The van der Waals surface area contributed by atoms with Gasteiger partial charge in [0.15, 0.2) is 5.78 Å². The summed E-state index contributed by atoms with van der Waals surface area (Å²) >= 11 is 0. The summed E-state index contributed by atoms with van der Waals surface area (Å²) in [5, 5.41) is 0. The van der Waals surface area contributed by atoms with Gasteiger partial charge in [0.1, 0.15) is 6.10 Å². The SMILES string of the molecule is CCCC(=O)O[C@@H]1CC[C@@]2(C)[C@@H](CC[C@@H]3[C@@H]2CC[C@]2(C)C(C(C)=O)=CC[C@@H]32)C1. The molecule has 0 amide bonds. The van der Waals surface area contributed by atoms with Crippen molar-refractivity contribution >= 4 is 11.8 Å². The molecule has 3 nitrogen and oxygen atoms in total. The Bertz CT molecular complexity index is 679. The van der Waals surface area contributed by atoms with Crippen LogP contribution >= 0.6 is 0 Å². The fourth-order valence-corrected chi connectivity index (χ4v) is 7.89. The maximum atomic E-state index is 12.2. The quantitative estimate of drug-likeness (QED) is 0.568. The summed E-state index contributed by atoms with van der Waals surface area (Å²) < 4.78 is 5.80. The molecule has 3 fully saturated rings. The van der Waals surface area contributed by atoms with Gasteiger partial charge in [0.05, 0.1) is 0 Å². The van der Waals surface area contributed by atoms with Crippen molar-refractivity contribution in [2.24, 2.45) is 34.5 Å². The smallest absolute Gasteiger partial charge is 0.306 e. The minimum Gasteiger partial charge on any atom is -0.462 e. The Labute approximate surface area is 170 Å². The molecule has 0 radical (unpaired) electrons. The van der Waals surface area contributed by atoms with Crippen LogP contribution in [-0.2, 0) is 14.3 Å². The molecule has 0 N–H and O–H groups in total. The summed E-state index contributed by atoms with van der Waals surface area (Å²) in [6, 6.07) is 0. The van der Waals surface area contributed by atoms with Crippen LogP contribution in [0.1, 0.15) is 91.9 Å². The molecule has 4 aliphatic carbocycles. The predicted molar refractivity (Wildman–Crippen MR) is 111 cm³/mol. The molecule has 0 aliphatic heterocycles. The van der Waals surface area contributed by atoms with Crippen molar-refractivity contribution in [2.75, 3.05) is 0 Å². The van der Waals surface area contributed by atoms with Gasteiger partial charge in [-0.3, -0.25) is 9.59 Å². The Morgan fingerprint density at radius 2 is 1.89 bits per heavy atom. The molecule has 0 aromatic carbocycles. The van der Waals surface area contributed by atoms with Gasteiger partial charge >= 0.3 is 5.97 Å². The van der Waals surface area contributed by atoms with Crippen molar-refractivity contribution in [2.45, 2.75) is 98.0 Å². The molecule has 3 heteroatoms. The minimum absolute atomic E-state index is 0.00739. The highest BCUT2D eigenvalue weighted by Crippen LogP contribution is 2.66. The van der Waals surface area contributed by atoms with Gasteiger partial charge in [-0.15, -0.1) is 0 Å². The van der Waals surface area contributed by atoms with Crippen LogP contribution < -0.4 is 0 Å². The first-order valence-electron chi connectivity index (χ1n) is 11.7. The number of carbonyl (C=O) groups excluding carboxylic acids is 2. The molecule has 4 aliphatic rings. The third kappa shape index (κ3) is 3.08. The summed E-state index contributed by atoms with van der Waals surface area (Å²) in [6.07, 6.45) is 13.2. The molecule has 0 saturated heterocycles. The summed E-state index contributed by atoms with van der Waals surface area (Å²) in [4.78, 5) is 24.2. The summed E-state index contributed by atoms with van der Waals surface area (Å²) in [6.45, 7) is 8.69. The van der Waals surface area contributed by atoms with Crippen LogP contribution in [0.5, 0.6) is 0 Å². The number of Topliss-reactive ketones (excluding diaryl/α,β-unsaturated/α-hetero) is 1. The Morgan fingerprint density at radius 1 is 1.11 bits per heavy atom. The summed E-state index contributed by atoms with van der Waals surface area (Å²) in [5.41, 5.74) is 1.62. The first-order chi connectivity index (χ1) is 13.3. The van der Waals surface area contributed by atoms with E-state index in [9.17, 15) is 9.59 Å². The number of rotatable bonds is 4. The molecule has 0 aromatic rings. The third-order valence-corrected chi connectivity index (χ3v) is 9.33. The molecule has 0 heterocycles. The highest BCUT2D eigenvalue weighted by Gasteiger charge is 2.59. The predicted octanol–water partition coefficient (Wildman–Crippen LogP) is 5.87. The number of esters is 1. The number of allylic oxidation sites excluding steroid dienone is 2. The van der Waals surface area contributed by atoms with E-state index in [1.165, 1.54) is 32.1 Å². The number of ketones is 1. The molecule has 0 spiro atoms. The number of hydrogen-bond acceptors (Lipinski definition) is 3. The fourth-order valence-electron chi connectivity index (χ4n) is 7.89. The average molecular weight is 387 g/mol. The summed E-state index contributed by atoms with van der Waals surface area (Å²) in [7, 11) is 0. The van der Waals surface area contributed by atoms with Crippen LogP contribution in [0.2, 0.25) is 0 Å². The van der Waals surface area contributed by atoms with Crippen molar-refractivity contribution < 1.29 is 14.3 Å². The second-order valence-electron chi connectivity index (χ2n) is 10.7. The van der Waals surface area contributed by atoms with Crippen LogP contribution in [0.25, 0.3) is 0 Å². The normalized spacial score (nSPS) is 44.7. The minimum atomic E-state index is -0.00739. The lowest BCUT2D eigenvalue weighted by Crippen LogP contribution is -2.54. The molecule has 4 rings (SSSR count). The molecule has 7 atom stereocenters. The highest BCUT2D eigenvalue weighted by molar-refractivity contribution is 5.95. The second-order valence-corrected chi connectivity index (χ2v) is 10.7. The van der Waals surface area contributed by atoms with E-state index in [-0.39, 0.29) is 23.3 Å². The van der Waals surface area contributed by atoms with Crippen LogP contribution in [-0.4, -0.2) is 17.9 Å². The molecular weight excluding hydrogens is 348 g/mol. The van der Waals surface area contributed by atoms with Crippen LogP contribution in [0.3, 0.4) is 0 Å². The van der Waals surface area contributed by atoms with Crippen LogP contribution in [0.15, 0.2) is 11.6 Å². The van der Waals surface area contributed by atoms with E-state index in [1.807, 2.05) is 6.92 Å². The Morgan fingerprint density at radius 3 is 2.61 bits per heavy atom. The molecule has 28 heavy (non-hydrogen) atoms.